The minimum Gasteiger partial charge on any atom is -0.493 e. The number of carbonyl (C=O) groups excluding carboxylic acids is 1. The Hall–Kier alpha value is -2.49. The van der Waals surface area contributed by atoms with Gasteiger partial charge in [0.05, 0.1) is 22.1 Å². The smallest absolute Gasteiger partial charge is 0.254 e. The molecular weight excluding hydrogens is 487 g/mol. The molecule has 0 fully saturated rings. The van der Waals surface area contributed by atoms with Gasteiger partial charge in [-0.2, -0.15) is 0 Å². The zero-order valence-corrected chi connectivity index (χ0v) is 18.9. The van der Waals surface area contributed by atoms with Gasteiger partial charge in [-0.3, -0.25) is 4.79 Å². The number of hydrogen-bond acceptors (Lipinski definition) is 5. The molecule has 0 saturated heterocycles. The van der Waals surface area contributed by atoms with E-state index in [-0.39, 0.29) is 37.6 Å². The van der Waals surface area contributed by atoms with Crippen molar-refractivity contribution in [2.45, 2.75) is 4.90 Å². The molecule has 1 amide bonds. The average Bonchev–Trinajstić information content (AvgIpc) is 2.68. The molecule has 0 aliphatic rings. The van der Waals surface area contributed by atoms with E-state index in [2.05, 4.69) is 0 Å². The van der Waals surface area contributed by atoms with E-state index >= 15 is 0 Å². The van der Waals surface area contributed by atoms with Crippen molar-refractivity contribution in [1.29, 1.82) is 0 Å². The molecule has 0 saturated carbocycles. The van der Waals surface area contributed by atoms with Crippen LogP contribution in [0.4, 0.5) is 0 Å². The Morgan fingerprint density at radius 1 is 0.968 bits per heavy atom. The first-order chi connectivity index (χ1) is 14.5. The average molecular weight is 502 g/mol. The molecule has 0 aromatic heterocycles. The SMILES string of the molecule is COc1cc(Cl)ccc1Oc1cc(Cl)c(-c2cccc(S(N)(=O)=O)c2)c(Cl)c1C(N)=O. The van der Waals surface area contributed by atoms with Gasteiger partial charge in [0.1, 0.15) is 11.3 Å². The molecule has 11 heteroatoms. The van der Waals surface area contributed by atoms with Crippen molar-refractivity contribution in [3.8, 4) is 28.4 Å². The molecule has 4 N–H and O–H groups in total. The number of primary sulfonamides is 1. The third-order valence-corrected chi connectivity index (χ3v) is 6.05. The second-order valence-electron chi connectivity index (χ2n) is 6.25. The zero-order valence-electron chi connectivity index (χ0n) is 15.9. The Kier molecular flexibility index (Phi) is 6.68. The Morgan fingerprint density at radius 2 is 1.68 bits per heavy atom. The molecule has 0 heterocycles. The predicted octanol–water partition coefficient (Wildman–Crippen LogP) is 4.86. The van der Waals surface area contributed by atoms with Gasteiger partial charge in [-0.25, -0.2) is 13.6 Å². The molecular formula is C20H15Cl3N2O5S. The van der Waals surface area contributed by atoms with E-state index in [1.54, 1.807) is 12.1 Å². The van der Waals surface area contributed by atoms with Crippen LogP contribution in [0.25, 0.3) is 11.1 Å². The number of sulfonamides is 1. The van der Waals surface area contributed by atoms with Crippen molar-refractivity contribution in [2.75, 3.05) is 7.11 Å². The molecule has 0 atom stereocenters. The predicted molar refractivity (Wildman–Crippen MR) is 120 cm³/mol. The number of benzene rings is 3. The summed E-state index contributed by atoms with van der Waals surface area (Å²) < 4.78 is 34.4. The van der Waals surface area contributed by atoms with E-state index < -0.39 is 15.9 Å². The Bertz CT molecular complexity index is 1300. The second-order valence-corrected chi connectivity index (χ2v) is 9.04. The van der Waals surface area contributed by atoms with Crippen molar-refractivity contribution in [1.82, 2.24) is 0 Å². The number of primary amides is 1. The van der Waals surface area contributed by atoms with Crippen molar-refractivity contribution in [3.05, 3.63) is 69.2 Å². The summed E-state index contributed by atoms with van der Waals surface area (Å²) in [6, 6.07) is 11.6. The molecule has 3 aromatic rings. The highest BCUT2D eigenvalue weighted by molar-refractivity contribution is 7.89. The van der Waals surface area contributed by atoms with Crippen molar-refractivity contribution in [2.24, 2.45) is 10.9 Å². The summed E-state index contributed by atoms with van der Waals surface area (Å²) in [5.41, 5.74) is 5.90. The fraction of sp³-hybridized carbons (Fsp3) is 0.0500. The minimum absolute atomic E-state index is 0.0190. The van der Waals surface area contributed by atoms with E-state index in [1.165, 1.54) is 43.5 Å². The van der Waals surface area contributed by atoms with Crippen LogP contribution in [-0.2, 0) is 10.0 Å². The van der Waals surface area contributed by atoms with Crippen molar-refractivity contribution in [3.63, 3.8) is 0 Å². The van der Waals surface area contributed by atoms with Crippen LogP contribution in [0.15, 0.2) is 53.4 Å². The third kappa shape index (κ3) is 4.89. The lowest BCUT2D eigenvalue weighted by Crippen LogP contribution is -2.14. The summed E-state index contributed by atoms with van der Waals surface area (Å²) in [6.45, 7) is 0. The number of methoxy groups -OCH3 is 1. The van der Waals surface area contributed by atoms with Crippen LogP contribution in [-0.4, -0.2) is 21.4 Å². The van der Waals surface area contributed by atoms with Crippen LogP contribution in [0.1, 0.15) is 10.4 Å². The number of rotatable bonds is 6. The van der Waals surface area contributed by atoms with E-state index in [1.807, 2.05) is 0 Å². The summed E-state index contributed by atoms with van der Waals surface area (Å²) in [4.78, 5) is 12.1. The summed E-state index contributed by atoms with van der Waals surface area (Å²) >= 11 is 18.9. The molecule has 0 radical (unpaired) electrons. The number of ether oxygens (including phenoxy) is 2. The highest BCUT2D eigenvalue weighted by Gasteiger charge is 2.24. The van der Waals surface area contributed by atoms with Gasteiger partial charge < -0.3 is 15.2 Å². The third-order valence-electron chi connectivity index (χ3n) is 4.23. The lowest BCUT2D eigenvalue weighted by atomic mass is 10.0. The van der Waals surface area contributed by atoms with E-state index in [9.17, 15) is 13.2 Å². The van der Waals surface area contributed by atoms with E-state index in [4.69, 9.17) is 55.1 Å². The first-order valence-corrected chi connectivity index (χ1v) is 11.2. The van der Waals surface area contributed by atoms with Crippen molar-refractivity contribution >= 4 is 50.7 Å². The van der Waals surface area contributed by atoms with Crippen LogP contribution in [0.3, 0.4) is 0 Å². The number of carbonyl (C=O) groups is 1. The molecule has 0 aliphatic carbocycles. The van der Waals surface area contributed by atoms with E-state index in [0.717, 1.165) is 0 Å². The summed E-state index contributed by atoms with van der Waals surface area (Å²) in [6.07, 6.45) is 0. The summed E-state index contributed by atoms with van der Waals surface area (Å²) in [5.74, 6) is -0.353. The summed E-state index contributed by atoms with van der Waals surface area (Å²) in [5, 5.41) is 5.59. The molecule has 31 heavy (non-hydrogen) atoms. The van der Waals surface area contributed by atoms with Gasteiger partial charge in [0.25, 0.3) is 5.91 Å². The lowest BCUT2D eigenvalue weighted by Gasteiger charge is -2.17. The number of hydrogen-bond donors (Lipinski definition) is 2. The summed E-state index contributed by atoms with van der Waals surface area (Å²) in [7, 11) is -2.55. The standard InChI is InChI=1S/C20H15Cl3N2O5S/c1-29-15-8-11(21)5-6-14(15)30-16-9-13(22)17(19(23)18(16)20(24)26)10-3-2-4-12(7-10)31(25,27)28/h2-9H,1H3,(H2,24,26)(H2,25,27,28). The van der Waals surface area contributed by atoms with Gasteiger partial charge in [-0.15, -0.1) is 0 Å². The Balaban J connectivity index is 2.19. The van der Waals surface area contributed by atoms with Gasteiger partial charge in [0.15, 0.2) is 11.5 Å². The number of halogens is 3. The maximum absolute atomic E-state index is 12.2. The van der Waals surface area contributed by atoms with Gasteiger partial charge in [-0.05, 0) is 29.8 Å². The quantitative estimate of drug-likeness (QED) is 0.499. The number of amides is 1. The molecule has 3 aromatic carbocycles. The molecule has 0 bridgehead atoms. The highest BCUT2D eigenvalue weighted by Crippen LogP contribution is 2.44. The zero-order chi connectivity index (χ0) is 22.9. The van der Waals surface area contributed by atoms with E-state index in [0.29, 0.717) is 16.3 Å². The first kappa shape index (κ1) is 23.2. The van der Waals surface area contributed by atoms with Crippen LogP contribution >= 0.6 is 34.8 Å². The second kappa shape index (κ2) is 8.94. The van der Waals surface area contributed by atoms with Crippen LogP contribution < -0.4 is 20.3 Å². The maximum atomic E-state index is 12.2. The Labute approximate surface area is 193 Å². The lowest BCUT2D eigenvalue weighted by molar-refractivity contribution is 0.0998. The van der Waals surface area contributed by atoms with Crippen LogP contribution in [0, 0.1) is 0 Å². The van der Waals surface area contributed by atoms with Gasteiger partial charge >= 0.3 is 0 Å². The fourth-order valence-electron chi connectivity index (χ4n) is 2.84. The number of nitrogens with two attached hydrogens (primary N) is 2. The van der Waals surface area contributed by atoms with Gasteiger partial charge in [-0.1, -0.05) is 46.9 Å². The molecule has 3 rings (SSSR count). The minimum atomic E-state index is -3.97. The fourth-order valence-corrected chi connectivity index (χ4v) is 4.31. The molecule has 7 nitrogen and oxygen atoms in total. The van der Waals surface area contributed by atoms with Crippen molar-refractivity contribution < 1.29 is 22.7 Å². The molecule has 0 unspecified atom stereocenters. The van der Waals surface area contributed by atoms with Crippen LogP contribution in [0.2, 0.25) is 15.1 Å². The highest BCUT2D eigenvalue weighted by atomic mass is 35.5. The van der Waals surface area contributed by atoms with Gasteiger partial charge in [0, 0.05) is 22.7 Å². The normalized spacial score (nSPS) is 11.3. The molecule has 0 aliphatic heterocycles. The maximum Gasteiger partial charge on any atom is 0.254 e. The topological polar surface area (TPSA) is 122 Å². The largest absolute Gasteiger partial charge is 0.493 e. The Morgan fingerprint density at radius 3 is 2.29 bits per heavy atom. The molecule has 162 valence electrons. The van der Waals surface area contributed by atoms with Crippen LogP contribution in [0.5, 0.6) is 17.2 Å². The monoisotopic (exact) mass is 500 g/mol. The first-order valence-electron chi connectivity index (χ1n) is 8.49. The molecule has 0 spiro atoms. The van der Waals surface area contributed by atoms with Gasteiger partial charge in [0.2, 0.25) is 10.0 Å².